The van der Waals surface area contributed by atoms with Gasteiger partial charge in [0.25, 0.3) is 5.91 Å². The molecule has 0 unspecified atom stereocenters. The zero-order valence-corrected chi connectivity index (χ0v) is 13.5. The van der Waals surface area contributed by atoms with Crippen molar-refractivity contribution in [3.05, 3.63) is 58.1 Å². The van der Waals surface area contributed by atoms with Crippen LogP contribution in [-0.2, 0) is 6.61 Å². The van der Waals surface area contributed by atoms with Crippen molar-refractivity contribution in [1.29, 1.82) is 0 Å². The second-order valence-corrected chi connectivity index (χ2v) is 5.61. The van der Waals surface area contributed by atoms with Crippen LogP contribution in [0.15, 0.2) is 45.8 Å². The highest BCUT2D eigenvalue weighted by molar-refractivity contribution is 5.91. The Bertz CT molecular complexity index is 777. The molecule has 126 valence electrons. The normalized spacial score (nSPS) is 13.8. The van der Waals surface area contributed by atoms with Gasteiger partial charge in [-0.05, 0) is 30.5 Å². The van der Waals surface area contributed by atoms with Crippen LogP contribution in [0, 0.1) is 0 Å². The van der Waals surface area contributed by atoms with Crippen molar-refractivity contribution in [3.63, 3.8) is 0 Å². The lowest BCUT2D eigenvalue weighted by Gasteiger charge is -2.14. The molecule has 1 aromatic heterocycles. The first kappa shape index (κ1) is 16.1. The predicted molar refractivity (Wildman–Crippen MR) is 87.4 cm³/mol. The molecule has 0 aliphatic carbocycles. The molecule has 2 aromatic rings. The van der Waals surface area contributed by atoms with E-state index in [1.165, 1.54) is 12.3 Å². The number of methoxy groups -OCH3 is 1. The van der Waals surface area contributed by atoms with E-state index in [-0.39, 0.29) is 29.5 Å². The van der Waals surface area contributed by atoms with E-state index in [1.807, 2.05) is 24.3 Å². The van der Waals surface area contributed by atoms with Crippen molar-refractivity contribution in [2.24, 2.45) is 0 Å². The Morgan fingerprint density at radius 1 is 1.25 bits per heavy atom. The Hall–Kier alpha value is -2.76. The lowest BCUT2D eigenvalue weighted by Crippen LogP contribution is -2.28. The molecule has 0 radical (unpaired) electrons. The lowest BCUT2D eigenvalue weighted by atomic mass is 10.2. The molecule has 0 atom stereocenters. The van der Waals surface area contributed by atoms with Crippen molar-refractivity contribution in [2.45, 2.75) is 19.4 Å². The van der Waals surface area contributed by atoms with Crippen molar-refractivity contribution in [1.82, 2.24) is 4.90 Å². The van der Waals surface area contributed by atoms with E-state index >= 15 is 0 Å². The van der Waals surface area contributed by atoms with Crippen LogP contribution in [0.1, 0.15) is 29.0 Å². The standard InChI is InChI=1S/C18H19NO5/c1-22-14-6-4-5-13(9-14)11-23-17-12-24-16(10-15(17)20)18(21)19-7-2-3-8-19/h4-6,9-10,12H,2-3,7-8,11H2,1H3. The predicted octanol–water partition coefficient (Wildman–Crippen LogP) is 2.46. The zero-order valence-electron chi connectivity index (χ0n) is 13.5. The third-order valence-electron chi connectivity index (χ3n) is 3.93. The van der Waals surface area contributed by atoms with Gasteiger partial charge in [0.15, 0.2) is 5.76 Å². The van der Waals surface area contributed by atoms with Gasteiger partial charge in [-0.1, -0.05) is 12.1 Å². The summed E-state index contributed by atoms with van der Waals surface area (Å²) in [6.07, 6.45) is 3.17. The summed E-state index contributed by atoms with van der Waals surface area (Å²) < 4.78 is 15.9. The van der Waals surface area contributed by atoms with Gasteiger partial charge in [0.05, 0.1) is 7.11 Å². The average Bonchev–Trinajstić information content (AvgIpc) is 3.15. The maximum Gasteiger partial charge on any atom is 0.289 e. The third-order valence-corrected chi connectivity index (χ3v) is 3.93. The highest BCUT2D eigenvalue weighted by Crippen LogP contribution is 2.16. The summed E-state index contributed by atoms with van der Waals surface area (Å²) in [7, 11) is 1.59. The molecular formula is C18H19NO5. The fourth-order valence-electron chi connectivity index (χ4n) is 2.62. The van der Waals surface area contributed by atoms with Crippen molar-refractivity contribution < 1.29 is 18.7 Å². The number of likely N-dealkylation sites (tertiary alicyclic amines) is 1. The zero-order chi connectivity index (χ0) is 16.9. The minimum atomic E-state index is -0.369. The van der Waals surface area contributed by atoms with Crippen LogP contribution >= 0.6 is 0 Å². The first-order valence-corrected chi connectivity index (χ1v) is 7.85. The summed E-state index contributed by atoms with van der Waals surface area (Å²) in [5.74, 6) is 0.602. The van der Waals surface area contributed by atoms with Gasteiger partial charge in [0.1, 0.15) is 18.6 Å². The molecule has 0 spiro atoms. The van der Waals surface area contributed by atoms with E-state index in [0.717, 1.165) is 24.2 Å². The van der Waals surface area contributed by atoms with Gasteiger partial charge in [0.2, 0.25) is 11.2 Å². The Labute approximate surface area is 139 Å². The van der Waals surface area contributed by atoms with Crippen LogP contribution in [0.25, 0.3) is 0 Å². The number of carbonyl (C=O) groups excluding carboxylic acids is 1. The van der Waals surface area contributed by atoms with Crippen molar-refractivity contribution in [2.75, 3.05) is 20.2 Å². The van der Waals surface area contributed by atoms with E-state index in [0.29, 0.717) is 13.1 Å². The van der Waals surface area contributed by atoms with E-state index in [2.05, 4.69) is 0 Å². The fourth-order valence-corrected chi connectivity index (χ4v) is 2.62. The monoisotopic (exact) mass is 329 g/mol. The largest absolute Gasteiger partial charge is 0.497 e. The molecule has 24 heavy (non-hydrogen) atoms. The number of benzene rings is 1. The van der Waals surface area contributed by atoms with Crippen molar-refractivity contribution >= 4 is 5.91 Å². The highest BCUT2D eigenvalue weighted by atomic mass is 16.5. The highest BCUT2D eigenvalue weighted by Gasteiger charge is 2.22. The molecule has 0 bridgehead atoms. The van der Waals surface area contributed by atoms with Crippen LogP contribution in [0.2, 0.25) is 0 Å². The molecule has 0 N–H and O–H groups in total. The minimum Gasteiger partial charge on any atom is -0.497 e. The van der Waals surface area contributed by atoms with Gasteiger partial charge >= 0.3 is 0 Å². The fraction of sp³-hybridized carbons (Fsp3) is 0.333. The van der Waals surface area contributed by atoms with Gasteiger partial charge in [-0.3, -0.25) is 9.59 Å². The number of hydrogen-bond donors (Lipinski definition) is 0. The molecule has 1 aromatic carbocycles. The van der Waals surface area contributed by atoms with Crippen LogP contribution < -0.4 is 14.9 Å². The summed E-state index contributed by atoms with van der Waals surface area (Å²) in [5.41, 5.74) is 0.498. The number of rotatable bonds is 5. The van der Waals surface area contributed by atoms with E-state index in [9.17, 15) is 9.59 Å². The van der Waals surface area contributed by atoms with Gasteiger partial charge in [-0.15, -0.1) is 0 Å². The number of carbonyl (C=O) groups is 1. The molecule has 1 saturated heterocycles. The van der Waals surface area contributed by atoms with Gasteiger partial charge < -0.3 is 18.8 Å². The van der Waals surface area contributed by atoms with Crippen LogP contribution in [0.3, 0.4) is 0 Å². The molecule has 6 heteroatoms. The number of hydrogen-bond acceptors (Lipinski definition) is 5. The summed E-state index contributed by atoms with van der Waals surface area (Å²) in [5, 5.41) is 0. The Morgan fingerprint density at radius 2 is 2.04 bits per heavy atom. The molecule has 1 aliphatic heterocycles. The maximum absolute atomic E-state index is 12.2. The SMILES string of the molecule is COc1cccc(COc2coc(C(=O)N3CCCC3)cc2=O)c1. The Kier molecular flexibility index (Phi) is 4.84. The minimum absolute atomic E-state index is 0.0515. The molecule has 1 amide bonds. The smallest absolute Gasteiger partial charge is 0.289 e. The number of nitrogens with zero attached hydrogens (tertiary/aromatic N) is 1. The van der Waals surface area contributed by atoms with E-state index in [4.69, 9.17) is 13.9 Å². The lowest BCUT2D eigenvalue weighted by molar-refractivity contribution is 0.0757. The molecule has 3 rings (SSSR count). The van der Waals surface area contributed by atoms with Crippen LogP contribution in [0.5, 0.6) is 11.5 Å². The second kappa shape index (κ2) is 7.21. The summed E-state index contributed by atoms with van der Waals surface area (Å²) >= 11 is 0. The van der Waals surface area contributed by atoms with Gasteiger partial charge in [-0.25, -0.2) is 0 Å². The van der Waals surface area contributed by atoms with Gasteiger partial charge in [-0.2, -0.15) is 0 Å². The quantitative estimate of drug-likeness (QED) is 0.843. The molecule has 1 fully saturated rings. The number of amides is 1. The second-order valence-electron chi connectivity index (χ2n) is 5.61. The van der Waals surface area contributed by atoms with Crippen molar-refractivity contribution in [3.8, 4) is 11.5 Å². The maximum atomic E-state index is 12.2. The summed E-state index contributed by atoms with van der Waals surface area (Å²) in [4.78, 5) is 26.0. The molecular weight excluding hydrogens is 310 g/mol. The summed E-state index contributed by atoms with van der Waals surface area (Å²) in [6.45, 7) is 1.62. The van der Waals surface area contributed by atoms with Gasteiger partial charge in [0, 0.05) is 19.2 Å². The number of ether oxygens (including phenoxy) is 2. The van der Waals surface area contributed by atoms with E-state index in [1.54, 1.807) is 12.0 Å². The first-order chi connectivity index (χ1) is 11.7. The molecule has 1 aliphatic rings. The van der Waals surface area contributed by atoms with Crippen LogP contribution in [0.4, 0.5) is 0 Å². The Morgan fingerprint density at radius 3 is 2.75 bits per heavy atom. The van der Waals surface area contributed by atoms with Crippen LogP contribution in [-0.4, -0.2) is 31.0 Å². The third kappa shape index (κ3) is 3.59. The first-order valence-electron chi connectivity index (χ1n) is 7.85. The average molecular weight is 329 g/mol. The van der Waals surface area contributed by atoms with E-state index < -0.39 is 0 Å². The molecule has 0 saturated carbocycles. The molecule has 2 heterocycles. The molecule has 6 nitrogen and oxygen atoms in total. The summed E-state index contributed by atoms with van der Waals surface area (Å²) in [6, 6.07) is 8.57. The Balaban J connectivity index is 1.68. The topological polar surface area (TPSA) is 69.0 Å².